The number of hydrogen-bond donors (Lipinski definition) is 1. The van der Waals surface area contributed by atoms with Gasteiger partial charge in [0.2, 0.25) is 0 Å². The van der Waals surface area contributed by atoms with Gasteiger partial charge in [0, 0.05) is 13.2 Å². The summed E-state index contributed by atoms with van der Waals surface area (Å²) in [6.45, 7) is 5.07. The molecule has 1 N–H and O–H groups in total. The molecule has 15 heavy (non-hydrogen) atoms. The van der Waals surface area contributed by atoms with Crippen molar-refractivity contribution in [1.29, 1.82) is 0 Å². The first-order valence-electron chi connectivity index (χ1n) is 5.77. The van der Waals surface area contributed by atoms with Gasteiger partial charge in [-0.3, -0.25) is 4.79 Å². The van der Waals surface area contributed by atoms with Crippen LogP contribution in [0.3, 0.4) is 0 Å². The first-order chi connectivity index (χ1) is 7.33. The predicted molar refractivity (Wildman–Crippen MR) is 57.7 cm³/mol. The van der Waals surface area contributed by atoms with Gasteiger partial charge < -0.3 is 14.8 Å². The van der Waals surface area contributed by atoms with E-state index in [1.165, 1.54) is 12.8 Å². The van der Waals surface area contributed by atoms with E-state index in [9.17, 15) is 4.79 Å². The van der Waals surface area contributed by atoms with E-state index < -0.39 is 0 Å². The average Bonchev–Trinajstić information content (AvgIpc) is 3.00. The highest BCUT2D eigenvalue weighted by Crippen LogP contribution is 2.28. The normalized spacial score (nSPS) is 15.3. The van der Waals surface area contributed by atoms with Gasteiger partial charge in [0.05, 0.1) is 13.2 Å². The van der Waals surface area contributed by atoms with Crippen LogP contribution in [-0.2, 0) is 14.3 Å². The summed E-state index contributed by atoms with van der Waals surface area (Å²) < 4.78 is 10.2. The summed E-state index contributed by atoms with van der Waals surface area (Å²) in [7, 11) is 0. The van der Waals surface area contributed by atoms with Crippen LogP contribution in [-0.4, -0.2) is 38.9 Å². The van der Waals surface area contributed by atoms with Crippen LogP contribution in [0.25, 0.3) is 0 Å². The summed E-state index contributed by atoms with van der Waals surface area (Å²) in [5.41, 5.74) is 0. The number of carbonyl (C=O) groups is 1. The summed E-state index contributed by atoms with van der Waals surface area (Å²) >= 11 is 0. The lowest BCUT2D eigenvalue weighted by atomic mass is 10.4. The Kier molecular flexibility index (Phi) is 6.36. The zero-order valence-electron chi connectivity index (χ0n) is 9.46. The molecule has 0 radical (unpaired) electrons. The number of carbonyl (C=O) groups excluding carboxylic acids is 1. The van der Waals surface area contributed by atoms with Crippen molar-refractivity contribution in [2.24, 2.45) is 5.92 Å². The third kappa shape index (κ3) is 7.33. The van der Waals surface area contributed by atoms with Crippen LogP contribution in [0.4, 0.5) is 0 Å². The molecule has 4 nitrogen and oxygen atoms in total. The Labute approximate surface area is 91.3 Å². The fraction of sp³-hybridized carbons (Fsp3) is 0.909. The summed E-state index contributed by atoms with van der Waals surface area (Å²) in [6, 6.07) is 0. The fourth-order valence-electron chi connectivity index (χ4n) is 1.24. The molecule has 88 valence electrons. The SMILES string of the molecule is CCOC(=O)CNCCCOCC1CC1. The van der Waals surface area contributed by atoms with Crippen LogP contribution in [0.5, 0.6) is 0 Å². The number of nitrogens with one attached hydrogen (secondary N) is 1. The van der Waals surface area contributed by atoms with E-state index in [2.05, 4.69) is 5.32 Å². The van der Waals surface area contributed by atoms with Gasteiger partial charge in [-0.2, -0.15) is 0 Å². The van der Waals surface area contributed by atoms with Gasteiger partial charge >= 0.3 is 5.97 Å². The lowest BCUT2D eigenvalue weighted by molar-refractivity contribution is -0.142. The second kappa shape index (κ2) is 7.65. The molecule has 1 aliphatic rings. The summed E-state index contributed by atoms with van der Waals surface area (Å²) in [5.74, 6) is 0.647. The van der Waals surface area contributed by atoms with E-state index >= 15 is 0 Å². The van der Waals surface area contributed by atoms with Gasteiger partial charge in [0.25, 0.3) is 0 Å². The second-order valence-electron chi connectivity index (χ2n) is 3.85. The minimum atomic E-state index is -0.184. The van der Waals surface area contributed by atoms with Crippen LogP contribution < -0.4 is 5.32 Å². The van der Waals surface area contributed by atoms with E-state index in [1.807, 2.05) is 6.92 Å². The van der Waals surface area contributed by atoms with E-state index in [0.29, 0.717) is 13.2 Å². The third-order valence-electron chi connectivity index (χ3n) is 2.27. The molecular weight excluding hydrogens is 194 g/mol. The van der Waals surface area contributed by atoms with Crippen LogP contribution in [0.15, 0.2) is 0 Å². The molecule has 1 rings (SSSR count). The Morgan fingerprint density at radius 1 is 1.47 bits per heavy atom. The van der Waals surface area contributed by atoms with Crippen LogP contribution in [0.2, 0.25) is 0 Å². The van der Waals surface area contributed by atoms with E-state index in [4.69, 9.17) is 9.47 Å². The second-order valence-corrected chi connectivity index (χ2v) is 3.85. The average molecular weight is 215 g/mol. The highest BCUT2D eigenvalue weighted by atomic mass is 16.5. The Hall–Kier alpha value is -0.610. The summed E-state index contributed by atoms with van der Waals surface area (Å²) in [6.07, 6.45) is 3.62. The molecule has 0 atom stereocenters. The zero-order chi connectivity index (χ0) is 10.9. The molecule has 0 aliphatic heterocycles. The van der Waals surface area contributed by atoms with Gasteiger partial charge in [0.1, 0.15) is 0 Å². The van der Waals surface area contributed by atoms with Crippen LogP contribution in [0, 0.1) is 5.92 Å². The zero-order valence-corrected chi connectivity index (χ0v) is 9.46. The van der Waals surface area contributed by atoms with Crippen molar-refractivity contribution in [3.05, 3.63) is 0 Å². The van der Waals surface area contributed by atoms with Crippen molar-refractivity contribution in [2.75, 3.05) is 32.9 Å². The lowest BCUT2D eigenvalue weighted by Crippen LogP contribution is -2.26. The van der Waals surface area contributed by atoms with Gasteiger partial charge in [-0.05, 0) is 38.6 Å². The van der Waals surface area contributed by atoms with Gasteiger partial charge in [-0.25, -0.2) is 0 Å². The molecule has 0 spiro atoms. The fourth-order valence-corrected chi connectivity index (χ4v) is 1.24. The van der Waals surface area contributed by atoms with Gasteiger partial charge in [0.15, 0.2) is 0 Å². The first-order valence-corrected chi connectivity index (χ1v) is 5.77. The quantitative estimate of drug-likeness (QED) is 0.459. The molecule has 0 amide bonds. The van der Waals surface area contributed by atoms with Crippen molar-refractivity contribution in [1.82, 2.24) is 5.32 Å². The minimum Gasteiger partial charge on any atom is -0.465 e. The molecule has 4 heteroatoms. The molecule has 0 aromatic carbocycles. The monoisotopic (exact) mass is 215 g/mol. The maximum absolute atomic E-state index is 10.9. The molecule has 1 fully saturated rings. The first kappa shape index (κ1) is 12.5. The maximum Gasteiger partial charge on any atom is 0.319 e. The Balaban J connectivity index is 1.73. The molecule has 0 saturated heterocycles. The highest BCUT2D eigenvalue weighted by molar-refractivity contribution is 5.71. The number of hydrogen-bond acceptors (Lipinski definition) is 4. The van der Waals surface area contributed by atoms with Crippen molar-refractivity contribution in [2.45, 2.75) is 26.2 Å². The highest BCUT2D eigenvalue weighted by Gasteiger charge is 2.20. The smallest absolute Gasteiger partial charge is 0.319 e. The maximum atomic E-state index is 10.9. The Morgan fingerprint density at radius 2 is 2.27 bits per heavy atom. The van der Waals surface area contributed by atoms with Crippen molar-refractivity contribution >= 4 is 5.97 Å². The molecule has 0 bridgehead atoms. The summed E-state index contributed by atoms with van der Waals surface area (Å²) in [5, 5.41) is 3.02. The molecule has 0 aromatic heterocycles. The van der Waals surface area contributed by atoms with Crippen molar-refractivity contribution in [3.63, 3.8) is 0 Å². The standard InChI is InChI=1S/C11H21NO3/c1-2-15-11(13)8-12-6-3-7-14-9-10-4-5-10/h10,12H,2-9H2,1H3. The molecule has 0 heterocycles. The van der Waals surface area contributed by atoms with Gasteiger partial charge in [-0.15, -0.1) is 0 Å². The van der Waals surface area contributed by atoms with Crippen LogP contribution in [0.1, 0.15) is 26.2 Å². The number of ether oxygens (including phenoxy) is 2. The van der Waals surface area contributed by atoms with E-state index in [1.54, 1.807) is 0 Å². The molecule has 0 aromatic rings. The molecular formula is C11H21NO3. The number of rotatable bonds is 9. The molecule has 1 aliphatic carbocycles. The van der Waals surface area contributed by atoms with Crippen LogP contribution >= 0.6 is 0 Å². The topological polar surface area (TPSA) is 47.6 Å². The summed E-state index contributed by atoms with van der Waals surface area (Å²) in [4.78, 5) is 10.9. The van der Waals surface area contributed by atoms with Crippen molar-refractivity contribution in [3.8, 4) is 0 Å². The van der Waals surface area contributed by atoms with E-state index in [0.717, 1.165) is 32.1 Å². The van der Waals surface area contributed by atoms with Gasteiger partial charge in [-0.1, -0.05) is 0 Å². The molecule has 1 saturated carbocycles. The number of esters is 1. The Bertz CT molecular complexity index is 181. The largest absolute Gasteiger partial charge is 0.465 e. The predicted octanol–water partition coefficient (Wildman–Crippen LogP) is 0.956. The lowest BCUT2D eigenvalue weighted by Gasteiger charge is -2.05. The Morgan fingerprint density at radius 3 is 2.93 bits per heavy atom. The van der Waals surface area contributed by atoms with E-state index in [-0.39, 0.29) is 5.97 Å². The third-order valence-corrected chi connectivity index (χ3v) is 2.27. The van der Waals surface area contributed by atoms with Crippen molar-refractivity contribution < 1.29 is 14.3 Å². The minimum absolute atomic E-state index is 0.184. The molecule has 0 unspecified atom stereocenters.